The molecule has 3 aromatic heterocycles. The van der Waals surface area contributed by atoms with E-state index >= 15 is 0 Å². The molecule has 3 heterocycles. The number of aryl methyl sites for hydroxylation is 3. The summed E-state index contributed by atoms with van der Waals surface area (Å²) in [5.41, 5.74) is 14.0. The summed E-state index contributed by atoms with van der Waals surface area (Å²) < 4.78 is 5.02. The van der Waals surface area contributed by atoms with Crippen molar-refractivity contribution in [2.24, 2.45) is 0 Å². The molecule has 0 saturated heterocycles. The molecule has 0 bridgehead atoms. The molecule has 2 nitrogen and oxygen atoms in total. The topological polar surface area (TPSA) is 17.8 Å². The Bertz CT molecular complexity index is 2910. The van der Waals surface area contributed by atoms with E-state index in [0.717, 1.165) is 28.1 Å². The zero-order chi connectivity index (χ0) is 35.9. The zero-order valence-corrected chi connectivity index (χ0v) is 33.4. The summed E-state index contributed by atoms with van der Waals surface area (Å²) in [6.45, 7) is 6.31. The molecule has 7 aromatic carbocycles. The second-order valence-corrected chi connectivity index (χ2v) is 14.6. The van der Waals surface area contributed by atoms with Gasteiger partial charge in [0.05, 0.1) is 11.0 Å². The van der Waals surface area contributed by atoms with Crippen LogP contribution in [0, 0.1) is 39.0 Å². The number of fused-ring (bicyclic) bond motifs is 6. The summed E-state index contributed by atoms with van der Waals surface area (Å²) in [4.78, 5) is 4.72. The van der Waals surface area contributed by atoms with Gasteiger partial charge in [0.25, 0.3) is 0 Å². The number of thiophene rings is 1. The first kappa shape index (κ1) is 35.4. The van der Waals surface area contributed by atoms with E-state index in [1.54, 1.807) is 0 Å². The van der Waals surface area contributed by atoms with Crippen LogP contribution in [-0.2, 0) is 20.1 Å². The average Bonchev–Trinajstić information content (AvgIpc) is 3.75. The van der Waals surface area contributed by atoms with Crippen LogP contribution in [0.3, 0.4) is 0 Å². The Labute approximate surface area is 333 Å². The largest absolute Gasteiger partial charge is 3.00 e. The molecule has 0 unspecified atom stereocenters. The maximum atomic E-state index is 4.72. The minimum Gasteiger partial charge on any atom is -0.309 e. The molecule has 0 aliphatic heterocycles. The molecule has 0 aliphatic rings. The van der Waals surface area contributed by atoms with E-state index in [1.807, 2.05) is 47.9 Å². The molecule has 260 valence electrons. The van der Waals surface area contributed by atoms with Crippen molar-refractivity contribution in [3.05, 3.63) is 193 Å². The number of rotatable bonds is 4. The quantitative estimate of drug-likeness (QED) is 0.161. The van der Waals surface area contributed by atoms with Crippen molar-refractivity contribution in [2.45, 2.75) is 20.8 Å². The van der Waals surface area contributed by atoms with Gasteiger partial charge in [-0.25, -0.2) is 11.1 Å². The van der Waals surface area contributed by atoms with Gasteiger partial charge in [-0.3, -0.25) is 0 Å². The smallest absolute Gasteiger partial charge is 0.309 e. The molecule has 0 radical (unpaired) electrons. The van der Waals surface area contributed by atoms with Gasteiger partial charge < -0.3 is 9.55 Å². The monoisotopic (exact) mass is 888 g/mol. The van der Waals surface area contributed by atoms with Gasteiger partial charge >= 0.3 is 20.1 Å². The third kappa shape index (κ3) is 6.48. The van der Waals surface area contributed by atoms with E-state index in [1.165, 1.54) is 69.8 Å². The minimum absolute atomic E-state index is 0. The number of pyridine rings is 1. The van der Waals surface area contributed by atoms with E-state index in [9.17, 15) is 0 Å². The van der Waals surface area contributed by atoms with Crippen molar-refractivity contribution in [1.29, 1.82) is 0 Å². The van der Waals surface area contributed by atoms with Crippen molar-refractivity contribution in [1.82, 2.24) is 9.55 Å². The van der Waals surface area contributed by atoms with Gasteiger partial charge in [-0.05, 0) is 47.7 Å². The Hall–Kier alpha value is -5.64. The third-order valence-electron chi connectivity index (χ3n) is 10.0. The average molecular weight is 888 g/mol. The first-order valence-electron chi connectivity index (χ1n) is 17.9. The fourth-order valence-corrected chi connectivity index (χ4v) is 8.47. The molecule has 0 N–H and O–H groups in total. The fourth-order valence-electron chi connectivity index (χ4n) is 7.22. The van der Waals surface area contributed by atoms with E-state index in [2.05, 4.69) is 165 Å². The molecule has 4 heteroatoms. The van der Waals surface area contributed by atoms with Crippen LogP contribution in [0.2, 0.25) is 0 Å². The summed E-state index contributed by atoms with van der Waals surface area (Å²) in [5.74, 6) is 0. The molecule has 0 atom stereocenters. The Morgan fingerprint density at radius 1 is 0.574 bits per heavy atom. The van der Waals surface area contributed by atoms with E-state index < -0.39 is 0 Å². The maximum Gasteiger partial charge on any atom is 3.00 e. The predicted octanol–water partition coefficient (Wildman–Crippen LogP) is 13.6. The van der Waals surface area contributed by atoms with Crippen molar-refractivity contribution < 1.29 is 20.1 Å². The van der Waals surface area contributed by atoms with Crippen LogP contribution in [0.15, 0.2) is 158 Å². The predicted molar refractivity (Wildman–Crippen MR) is 225 cm³/mol. The van der Waals surface area contributed by atoms with E-state index in [0.29, 0.717) is 0 Å². The molecule has 0 spiro atoms. The molecule has 0 amide bonds. The van der Waals surface area contributed by atoms with Crippen molar-refractivity contribution in [3.63, 3.8) is 0 Å². The normalized spacial score (nSPS) is 11.1. The van der Waals surface area contributed by atoms with Crippen LogP contribution in [-0.4, -0.2) is 9.55 Å². The van der Waals surface area contributed by atoms with Crippen LogP contribution in [0.5, 0.6) is 0 Å². The van der Waals surface area contributed by atoms with Crippen LogP contribution in [0.4, 0.5) is 0 Å². The van der Waals surface area contributed by atoms with Crippen molar-refractivity contribution in [2.75, 3.05) is 0 Å². The SMILES string of the molecule is Cc1c[c-]c(-c2[c-]cc(C)c(C)c2)cc1.[Ir+3].[c-]1ccccc1-c1cc(-c2c3sc4ccccc4c3cc3c2c2ccccc2n3-c2ccccc2)ccn1. The molecular weight excluding hydrogens is 853 g/mol. The van der Waals surface area contributed by atoms with Gasteiger partial charge in [-0.1, -0.05) is 81.4 Å². The number of aromatic nitrogens is 2. The summed E-state index contributed by atoms with van der Waals surface area (Å²) in [7, 11) is 0. The second kappa shape index (κ2) is 15.0. The van der Waals surface area contributed by atoms with Crippen molar-refractivity contribution >= 4 is 53.3 Å². The van der Waals surface area contributed by atoms with Crippen LogP contribution in [0.25, 0.3) is 81.2 Å². The van der Waals surface area contributed by atoms with Gasteiger partial charge in [0.2, 0.25) is 0 Å². The number of para-hydroxylation sites is 2. The Morgan fingerprint density at radius 3 is 2.11 bits per heavy atom. The summed E-state index contributed by atoms with van der Waals surface area (Å²) in [6.07, 6.45) is 1.93. The molecule has 10 aromatic rings. The number of hydrogen-bond acceptors (Lipinski definition) is 2. The summed E-state index contributed by atoms with van der Waals surface area (Å²) in [6, 6.07) is 63.3. The second-order valence-electron chi connectivity index (χ2n) is 13.5. The Balaban J connectivity index is 0.000000218. The van der Waals surface area contributed by atoms with Crippen LogP contribution >= 0.6 is 11.3 Å². The first-order valence-corrected chi connectivity index (χ1v) is 18.7. The molecule has 54 heavy (non-hydrogen) atoms. The molecular formula is C50H35IrN2S. The van der Waals surface area contributed by atoms with Gasteiger partial charge in [-0.15, -0.1) is 63.9 Å². The Kier molecular flexibility index (Phi) is 9.83. The maximum absolute atomic E-state index is 4.72. The standard InChI is InChI=1S/C35H21N2S.C15H14.Ir/c1-3-11-23(12-4-1)29-21-24(19-20-36-29)33-34-27-16-7-9-17-30(27)37(25-13-5-2-6-14-25)31(34)22-28-26-15-8-10-18-32(26)38-35(28)33;1-11-4-7-14(8-5-11)15-9-6-12(2)13(3)10-15;/h1-11,13-22H;4-7,10H,1-3H3;/q-1;-2;+3. The zero-order valence-electron chi connectivity index (χ0n) is 30.1. The molecule has 0 aliphatic carbocycles. The van der Waals surface area contributed by atoms with E-state index in [4.69, 9.17) is 4.98 Å². The van der Waals surface area contributed by atoms with Crippen molar-refractivity contribution in [3.8, 4) is 39.2 Å². The first-order chi connectivity index (χ1) is 26.0. The molecule has 0 saturated carbocycles. The van der Waals surface area contributed by atoms with Crippen LogP contribution < -0.4 is 0 Å². The van der Waals surface area contributed by atoms with E-state index in [-0.39, 0.29) is 20.1 Å². The fraction of sp³-hybridized carbons (Fsp3) is 0.0600. The number of hydrogen-bond donors (Lipinski definition) is 0. The van der Waals surface area contributed by atoms with Gasteiger partial charge in [-0.2, -0.15) is 42.5 Å². The van der Waals surface area contributed by atoms with Gasteiger partial charge in [0.15, 0.2) is 0 Å². The van der Waals surface area contributed by atoms with Gasteiger partial charge in [0, 0.05) is 48.4 Å². The van der Waals surface area contributed by atoms with Gasteiger partial charge in [0.1, 0.15) is 0 Å². The Morgan fingerprint density at radius 2 is 1.33 bits per heavy atom. The minimum atomic E-state index is 0. The number of nitrogens with zero attached hydrogens (tertiary/aromatic N) is 2. The number of benzene rings is 7. The third-order valence-corrected chi connectivity index (χ3v) is 11.2. The van der Waals surface area contributed by atoms with Crippen LogP contribution in [0.1, 0.15) is 16.7 Å². The molecule has 10 rings (SSSR count). The molecule has 0 fully saturated rings. The summed E-state index contributed by atoms with van der Waals surface area (Å²) >= 11 is 1.88. The summed E-state index contributed by atoms with van der Waals surface area (Å²) in [5, 5.41) is 5.12.